The zero-order chi connectivity index (χ0) is 25.1. The van der Waals surface area contributed by atoms with Gasteiger partial charge in [-0.25, -0.2) is 8.42 Å². The van der Waals surface area contributed by atoms with Crippen LogP contribution in [0.2, 0.25) is 0 Å². The first-order valence-electron chi connectivity index (χ1n) is 11.2. The van der Waals surface area contributed by atoms with E-state index in [4.69, 9.17) is 0 Å². The van der Waals surface area contributed by atoms with Gasteiger partial charge in [0, 0.05) is 53.7 Å². The molecule has 11 heteroatoms. The second kappa shape index (κ2) is 12.4. The molecule has 0 amide bonds. The molecule has 0 aliphatic carbocycles. The summed E-state index contributed by atoms with van der Waals surface area (Å²) in [6.45, 7) is 0.708. The number of rotatable bonds is 9. The van der Waals surface area contributed by atoms with E-state index in [0.717, 1.165) is 33.5 Å². The molecule has 4 rings (SSSR count). The fourth-order valence-electron chi connectivity index (χ4n) is 4.26. The number of aromatic nitrogens is 1. The van der Waals surface area contributed by atoms with E-state index in [-0.39, 0.29) is 70.0 Å². The number of nitrogens with zero attached hydrogens (tertiary/aromatic N) is 2. The average Bonchev–Trinajstić information content (AvgIpc) is 2.80. The molecule has 2 aromatic carbocycles. The number of aryl methyl sites for hydroxylation is 1. The van der Waals surface area contributed by atoms with Crippen molar-refractivity contribution >= 4 is 49.0 Å². The van der Waals surface area contributed by atoms with Crippen LogP contribution in [0.5, 0.6) is 0 Å². The first-order chi connectivity index (χ1) is 16.6. The third-order valence-electron chi connectivity index (χ3n) is 5.80. The molecule has 2 heterocycles. The van der Waals surface area contributed by atoms with Gasteiger partial charge in [0.1, 0.15) is 0 Å². The summed E-state index contributed by atoms with van der Waals surface area (Å²) in [5.41, 5.74) is 4.44. The molecule has 3 aromatic rings. The Hall–Kier alpha value is -1.41. The maximum atomic E-state index is 11.3. The van der Waals surface area contributed by atoms with E-state index in [1.807, 2.05) is 88.4 Å². The van der Waals surface area contributed by atoms with Crippen molar-refractivity contribution in [1.82, 2.24) is 0 Å². The molecule has 1 aromatic heterocycles. The Morgan fingerprint density at radius 1 is 0.889 bits per heavy atom. The average molecular weight is 554 g/mol. The number of para-hydroxylation sites is 2. The Kier molecular flexibility index (Phi) is 10.1. The molecule has 1 aliphatic heterocycles. The molecule has 36 heavy (non-hydrogen) atoms. The minimum Gasteiger partial charge on any atom is -0.748 e. The third-order valence-corrected chi connectivity index (χ3v) is 7.39. The van der Waals surface area contributed by atoms with Crippen LogP contribution in [0.3, 0.4) is 0 Å². The molecular weight excluding hydrogens is 528 g/mol. The predicted octanol–water partition coefficient (Wildman–Crippen LogP) is 0.219. The SMILES string of the molecule is O=S(=O)([O-])CCC[n+]1c(C=C2C=Cc3ccccc3N2CCCS(=O)(=O)O)ccc2ccccc21.[K+]. The van der Waals surface area contributed by atoms with Crippen molar-refractivity contribution < 1.29 is 81.9 Å². The van der Waals surface area contributed by atoms with Crippen molar-refractivity contribution in [3.05, 3.63) is 83.7 Å². The number of anilines is 1. The monoisotopic (exact) mass is 553 g/mol. The quantitative estimate of drug-likeness (QED) is 0.229. The molecule has 0 bridgehead atoms. The maximum Gasteiger partial charge on any atom is 1.00 e. The number of fused-ring (bicyclic) bond motifs is 2. The molecule has 8 nitrogen and oxygen atoms in total. The maximum absolute atomic E-state index is 11.3. The summed E-state index contributed by atoms with van der Waals surface area (Å²) in [5, 5.41) is 0.981. The molecule has 0 unspecified atom stereocenters. The Morgan fingerprint density at radius 3 is 2.36 bits per heavy atom. The summed E-state index contributed by atoms with van der Waals surface area (Å²) in [6.07, 6.45) is 6.29. The van der Waals surface area contributed by atoms with Crippen LogP contribution in [0.25, 0.3) is 23.1 Å². The van der Waals surface area contributed by atoms with Gasteiger partial charge < -0.3 is 9.45 Å². The van der Waals surface area contributed by atoms with Crippen molar-refractivity contribution in [2.75, 3.05) is 23.0 Å². The van der Waals surface area contributed by atoms with E-state index in [1.165, 1.54) is 0 Å². The zero-order valence-corrected chi connectivity index (χ0v) is 24.7. The van der Waals surface area contributed by atoms with Gasteiger partial charge in [-0.15, -0.1) is 0 Å². The van der Waals surface area contributed by atoms with Crippen LogP contribution >= 0.6 is 0 Å². The van der Waals surface area contributed by atoms with Gasteiger partial charge in [0.2, 0.25) is 11.2 Å². The summed E-state index contributed by atoms with van der Waals surface area (Å²) in [5.74, 6) is -0.795. The number of hydrogen-bond donors (Lipinski definition) is 1. The van der Waals surface area contributed by atoms with Gasteiger partial charge >= 0.3 is 51.4 Å². The van der Waals surface area contributed by atoms with Gasteiger partial charge in [0.25, 0.3) is 10.1 Å². The van der Waals surface area contributed by atoms with E-state index in [2.05, 4.69) is 0 Å². The van der Waals surface area contributed by atoms with Gasteiger partial charge in [-0.05, 0) is 36.3 Å². The Labute approximate surface area is 254 Å². The molecule has 184 valence electrons. The third kappa shape index (κ3) is 7.79. The molecule has 0 fully saturated rings. The van der Waals surface area contributed by atoms with Gasteiger partial charge in [0.05, 0.1) is 15.9 Å². The molecule has 0 radical (unpaired) electrons. The van der Waals surface area contributed by atoms with Gasteiger partial charge in [0.15, 0.2) is 6.54 Å². The van der Waals surface area contributed by atoms with Gasteiger partial charge in [-0.3, -0.25) is 4.55 Å². The summed E-state index contributed by atoms with van der Waals surface area (Å²) in [6, 6.07) is 19.4. The standard InChI is InChI=1S/C25H26N2O6S2.K/c28-34(29,30)17-5-15-26-22(13-11-20-7-1-3-9-24(20)26)19-23-14-12-21-8-2-4-10-25(21)27(23)16-6-18-35(31,32)33;/h1-4,7-14,19H,5-6,15-18H2,(H-,28,29,30,31,32,33);/q;+1. The Morgan fingerprint density at radius 2 is 1.61 bits per heavy atom. The number of hydrogen-bond acceptors (Lipinski definition) is 6. The number of benzene rings is 2. The van der Waals surface area contributed by atoms with Crippen molar-refractivity contribution in [3.63, 3.8) is 0 Å². The summed E-state index contributed by atoms with van der Waals surface area (Å²) >= 11 is 0. The molecule has 0 saturated carbocycles. The minimum atomic E-state index is -4.32. The molecule has 0 saturated heterocycles. The summed E-state index contributed by atoms with van der Waals surface area (Å²) in [4.78, 5) is 2.00. The van der Waals surface area contributed by atoms with E-state index in [0.29, 0.717) is 13.1 Å². The van der Waals surface area contributed by atoms with Crippen LogP contribution in [0.4, 0.5) is 5.69 Å². The van der Waals surface area contributed by atoms with Crippen molar-refractivity contribution in [2.24, 2.45) is 0 Å². The topological polar surface area (TPSA) is 119 Å². The summed E-state index contributed by atoms with van der Waals surface area (Å²) < 4.78 is 67.2. The van der Waals surface area contributed by atoms with E-state index in [9.17, 15) is 25.9 Å². The minimum absolute atomic E-state index is 0. The van der Waals surface area contributed by atoms with Crippen LogP contribution in [-0.4, -0.2) is 44.0 Å². The Bertz CT molecular complexity index is 1520. The zero-order valence-electron chi connectivity index (χ0n) is 19.9. The van der Waals surface area contributed by atoms with Gasteiger partial charge in [-0.1, -0.05) is 36.4 Å². The van der Waals surface area contributed by atoms with Crippen molar-refractivity contribution in [2.45, 2.75) is 19.4 Å². The molecule has 1 N–H and O–H groups in total. The van der Waals surface area contributed by atoms with Crippen LogP contribution < -0.4 is 60.9 Å². The fraction of sp³-hybridized carbons (Fsp3) is 0.240. The van der Waals surface area contributed by atoms with Crippen LogP contribution in [0, 0.1) is 0 Å². The van der Waals surface area contributed by atoms with Crippen molar-refractivity contribution in [1.29, 1.82) is 0 Å². The molecule has 1 aliphatic rings. The molecule has 0 spiro atoms. The van der Waals surface area contributed by atoms with E-state index < -0.39 is 26.0 Å². The second-order valence-corrected chi connectivity index (χ2v) is 11.4. The van der Waals surface area contributed by atoms with Crippen molar-refractivity contribution in [3.8, 4) is 0 Å². The van der Waals surface area contributed by atoms with Crippen LogP contribution in [0.1, 0.15) is 24.1 Å². The van der Waals surface area contributed by atoms with Crippen LogP contribution in [0.15, 0.2) is 72.4 Å². The first-order valence-corrected chi connectivity index (χ1v) is 14.4. The van der Waals surface area contributed by atoms with E-state index in [1.54, 1.807) is 0 Å². The fourth-order valence-corrected chi connectivity index (χ4v) is 5.24. The van der Waals surface area contributed by atoms with Gasteiger partial charge in [-0.2, -0.15) is 13.0 Å². The first kappa shape index (κ1) is 29.1. The van der Waals surface area contributed by atoms with E-state index >= 15 is 0 Å². The van der Waals surface area contributed by atoms with Crippen LogP contribution in [-0.2, 0) is 26.8 Å². The normalized spacial score (nSPS) is 14.6. The largest absolute Gasteiger partial charge is 1.00 e. The predicted molar refractivity (Wildman–Crippen MR) is 135 cm³/mol. The Balaban J connectivity index is 0.00000361. The number of allylic oxidation sites excluding steroid dienone is 1. The smallest absolute Gasteiger partial charge is 0.748 e. The second-order valence-electron chi connectivity index (χ2n) is 8.34. The number of pyridine rings is 1. The molecule has 0 atom stereocenters. The molecular formula is C25H26KN2O6S2+. The summed E-state index contributed by atoms with van der Waals surface area (Å²) in [7, 11) is -8.39.